The SMILES string of the molecule is CC1(Cn2nccn2)SC2CC(=O)N2C1C(=O)O. The normalized spacial score (nSPS) is 34.3. The zero-order valence-corrected chi connectivity index (χ0v) is 10.5. The molecule has 3 heterocycles. The Morgan fingerprint density at radius 1 is 1.61 bits per heavy atom. The third-order valence-corrected chi connectivity index (χ3v) is 4.92. The number of amides is 1. The summed E-state index contributed by atoms with van der Waals surface area (Å²) in [6.07, 6.45) is 3.54. The lowest BCUT2D eigenvalue weighted by Crippen LogP contribution is -2.58. The highest BCUT2D eigenvalue weighted by molar-refractivity contribution is 8.01. The van der Waals surface area contributed by atoms with Gasteiger partial charge in [0.25, 0.3) is 0 Å². The summed E-state index contributed by atoms with van der Waals surface area (Å²) >= 11 is 1.52. The van der Waals surface area contributed by atoms with E-state index in [1.165, 1.54) is 21.5 Å². The Balaban J connectivity index is 1.90. The minimum atomic E-state index is -0.965. The van der Waals surface area contributed by atoms with E-state index in [1.807, 2.05) is 6.92 Å². The van der Waals surface area contributed by atoms with Gasteiger partial charge in [-0.15, -0.1) is 11.8 Å². The molecule has 0 radical (unpaired) electrons. The number of fused-ring (bicyclic) bond motifs is 1. The summed E-state index contributed by atoms with van der Waals surface area (Å²) in [6, 6.07) is -0.806. The molecule has 1 N–H and O–H groups in total. The van der Waals surface area contributed by atoms with Gasteiger partial charge < -0.3 is 10.0 Å². The molecule has 3 rings (SSSR count). The third kappa shape index (κ3) is 1.52. The molecule has 1 aromatic rings. The Labute approximate surface area is 107 Å². The van der Waals surface area contributed by atoms with Crippen molar-refractivity contribution in [2.24, 2.45) is 0 Å². The Morgan fingerprint density at radius 3 is 2.83 bits per heavy atom. The number of carbonyl (C=O) groups excluding carboxylic acids is 1. The minimum absolute atomic E-state index is 0.0147. The van der Waals surface area contributed by atoms with E-state index in [0.717, 1.165) is 0 Å². The van der Waals surface area contributed by atoms with Crippen molar-refractivity contribution in [2.75, 3.05) is 0 Å². The second-order valence-corrected chi connectivity index (χ2v) is 6.40. The average Bonchev–Trinajstić information content (AvgIpc) is 2.83. The summed E-state index contributed by atoms with van der Waals surface area (Å²) in [4.78, 5) is 25.9. The van der Waals surface area contributed by atoms with E-state index in [2.05, 4.69) is 10.2 Å². The number of thioether (sulfide) groups is 1. The molecule has 2 aliphatic heterocycles. The first-order valence-corrected chi connectivity index (χ1v) is 6.45. The molecule has 0 saturated carbocycles. The molecule has 0 aliphatic carbocycles. The number of rotatable bonds is 3. The van der Waals surface area contributed by atoms with E-state index < -0.39 is 16.8 Å². The fourth-order valence-electron chi connectivity index (χ4n) is 2.59. The Kier molecular flexibility index (Phi) is 2.37. The van der Waals surface area contributed by atoms with Crippen LogP contribution in [0.15, 0.2) is 12.4 Å². The molecule has 0 spiro atoms. The molecular formula is C10H12N4O3S. The Bertz CT molecular complexity index is 505. The van der Waals surface area contributed by atoms with Gasteiger partial charge in [-0.2, -0.15) is 15.0 Å². The first-order chi connectivity index (χ1) is 8.51. The maximum absolute atomic E-state index is 11.5. The second-order valence-electron chi connectivity index (χ2n) is 4.69. The van der Waals surface area contributed by atoms with Crippen molar-refractivity contribution in [3.8, 4) is 0 Å². The zero-order chi connectivity index (χ0) is 12.9. The van der Waals surface area contributed by atoms with Gasteiger partial charge in [-0.3, -0.25) is 4.79 Å². The van der Waals surface area contributed by atoms with Crippen molar-refractivity contribution >= 4 is 23.6 Å². The molecule has 2 saturated heterocycles. The van der Waals surface area contributed by atoms with Crippen LogP contribution in [0.5, 0.6) is 0 Å². The van der Waals surface area contributed by atoms with Gasteiger partial charge in [0.15, 0.2) is 0 Å². The van der Waals surface area contributed by atoms with Crippen LogP contribution in [0.2, 0.25) is 0 Å². The number of carboxylic acid groups (broad SMARTS) is 1. The van der Waals surface area contributed by atoms with Crippen molar-refractivity contribution < 1.29 is 14.7 Å². The van der Waals surface area contributed by atoms with Crippen LogP contribution in [0.25, 0.3) is 0 Å². The van der Waals surface area contributed by atoms with Crippen LogP contribution in [-0.2, 0) is 16.1 Å². The highest BCUT2D eigenvalue weighted by Crippen LogP contribution is 2.51. The predicted octanol–water partition coefficient (Wildman–Crippen LogP) is -0.205. The third-order valence-electron chi connectivity index (χ3n) is 3.37. The van der Waals surface area contributed by atoms with E-state index in [-0.39, 0.29) is 11.3 Å². The molecule has 1 amide bonds. The maximum atomic E-state index is 11.5. The lowest BCUT2D eigenvalue weighted by molar-refractivity contribution is -0.157. The van der Waals surface area contributed by atoms with Crippen LogP contribution in [0.3, 0.4) is 0 Å². The van der Waals surface area contributed by atoms with Gasteiger partial charge in [-0.05, 0) is 6.92 Å². The smallest absolute Gasteiger partial charge is 0.327 e. The van der Waals surface area contributed by atoms with Crippen molar-refractivity contribution in [1.82, 2.24) is 19.9 Å². The van der Waals surface area contributed by atoms with E-state index in [1.54, 1.807) is 12.4 Å². The molecule has 0 bridgehead atoms. The highest BCUT2D eigenvalue weighted by Gasteiger charge is 2.60. The fraction of sp³-hybridized carbons (Fsp3) is 0.600. The average molecular weight is 268 g/mol. The number of nitrogens with zero attached hydrogens (tertiary/aromatic N) is 4. The van der Waals surface area contributed by atoms with Gasteiger partial charge in [-0.25, -0.2) is 4.79 Å². The topological polar surface area (TPSA) is 88.3 Å². The van der Waals surface area contributed by atoms with Crippen molar-refractivity contribution in [1.29, 1.82) is 0 Å². The van der Waals surface area contributed by atoms with Gasteiger partial charge in [0.1, 0.15) is 6.04 Å². The quantitative estimate of drug-likeness (QED) is 0.763. The van der Waals surface area contributed by atoms with Crippen molar-refractivity contribution in [2.45, 2.75) is 36.1 Å². The van der Waals surface area contributed by atoms with Gasteiger partial charge in [0.05, 0.1) is 35.5 Å². The summed E-state index contributed by atoms with van der Waals surface area (Å²) in [5.41, 5.74) is 0. The first kappa shape index (κ1) is 11.5. The molecule has 1 aromatic heterocycles. The summed E-state index contributed by atoms with van der Waals surface area (Å²) in [7, 11) is 0. The molecule has 2 fully saturated rings. The monoisotopic (exact) mass is 268 g/mol. The summed E-state index contributed by atoms with van der Waals surface area (Å²) in [6.45, 7) is 2.23. The first-order valence-electron chi connectivity index (χ1n) is 5.57. The van der Waals surface area contributed by atoms with Gasteiger partial charge in [0, 0.05) is 0 Å². The van der Waals surface area contributed by atoms with Gasteiger partial charge >= 0.3 is 5.97 Å². The van der Waals surface area contributed by atoms with Crippen LogP contribution in [0, 0.1) is 0 Å². The molecule has 7 nitrogen and oxygen atoms in total. The van der Waals surface area contributed by atoms with Crippen LogP contribution in [0.4, 0.5) is 0 Å². The van der Waals surface area contributed by atoms with Crippen LogP contribution >= 0.6 is 11.8 Å². The van der Waals surface area contributed by atoms with Gasteiger partial charge in [-0.1, -0.05) is 0 Å². The minimum Gasteiger partial charge on any atom is -0.480 e. The molecule has 3 unspecified atom stereocenters. The molecule has 8 heteroatoms. The Morgan fingerprint density at radius 2 is 2.28 bits per heavy atom. The lowest BCUT2D eigenvalue weighted by atomic mass is 9.96. The fourth-order valence-corrected chi connectivity index (χ4v) is 4.32. The van der Waals surface area contributed by atoms with E-state index in [4.69, 9.17) is 0 Å². The zero-order valence-electron chi connectivity index (χ0n) is 9.68. The number of aromatic nitrogens is 3. The summed E-state index contributed by atoms with van der Waals surface area (Å²) < 4.78 is -0.596. The number of hydrogen-bond acceptors (Lipinski definition) is 5. The number of carbonyl (C=O) groups is 2. The molecule has 2 aliphatic rings. The largest absolute Gasteiger partial charge is 0.480 e. The van der Waals surface area contributed by atoms with Crippen LogP contribution < -0.4 is 0 Å². The maximum Gasteiger partial charge on any atom is 0.327 e. The van der Waals surface area contributed by atoms with Crippen molar-refractivity contribution in [3.63, 3.8) is 0 Å². The molecule has 0 aromatic carbocycles. The molecular weight excluding hydrogens is 256 g/mol. The standard InChI is InChI=1S/C10H12N4O3S/c1-10(5-13-11-2-3-12-13)8(9(16)17)14-6(15)4-7(14)18-10/h2-3,7-8H,4-5H2,1H3,(H,16,17). The van der Waals surface area contributed by atoms with E-state index in [0.29, 0.717) is 13.0 Å². The molecule has 3 atom stereocenters. The number of hydrogen-bond donors (Lipinski definition) is 1. The summed E-state index contributed by atoms with van der Waals surface area (Å²) in [5.74, 6) is -1.05. The second kappa shape index (κ2) is 3.71. The van der Waals surface area contributed by atoms with Crippen LogP contribution in [0.1, 0.15) is 13.3 Å². The molecule has 96 valence electrons. The van der Waals surface area contributed by atoms with Crippen molar-refractivity contribution in [3.05, 3.63) is 12.4 Å². The van der Waals surface area contributed by atoms with Gasteiger partial charge in [0.2, 0.25) is 5.91 Å². The molecule has 18 heavy (non-hydrogen) atoms. The Hall–Kier alpha value is -1.57. The van der Waals surface area contributed by atoms with E-state index in [9.17, 15) is 14.7 Å². The lowest BCUT2D eigenvalue weighted by Gasteiger charge is -2.36. The summed E-state index contributed by atoms with van der Waals surface area (Å²) in [5, 5.41) is 17.4. The predicted molar refractivity (Wildman–Crippen MR) is 62.7 cm³/mol. The number of carboxylic acids is 1. The number of β-lactam (4-membered cyclic amide) rings is 1. The van der Waals surface area contributed by atoms with Crippen LogP contribution in [-0.4, -0.2) is 53.0 Å². The number of aliphatic carboxylic acids is 1. The highest BCUT2D eigenvalue weighted by atomic mass is 32.2. The van der Waals surface area contributed by atoms with E-state index >= 15 is 0 Å².